The highest BCUT2D eigenvalue weighted by molar-refractivity contribution is 5.35. The largest absolute Gasteiger partial charge is 0.329 e. The highest BCUT2D eigenvalue weighted by Gasteiger charge is 2.34. The van der Waals surface area contributed by atoms with E-state index in [0.29, 0.717) is 12.6 Å². The molecule has 98 valence electrons. The smallest absolute Gasteiger partial charge is 0.123 e. The third-order valence-electron chi connectivity index (χ3n) is 4.49. The third kappa shape index (κ3) is 2.06. The molecule has 0 amide bonds. The molecule has 0 saturated heterocycles. The van der Waals surface area contributed by atoms with E-state index in [9.17, 15) is 4.39 Å². The van der Waals surface area contributed by atoms with Crippen LogP contribution in [-0.4, -0.2) is 17.5 Å². The summed E-state index contributed by atoms with van der Waals surface area (Å²) in [6.07, 6.45) is 6.55. The first-order valence-electron chi connectivity index (χ1n) is 7.03. The molecule has 0 aromatic heterocycles. The van der Waals surface area contributed by atoms with Gasteiger partial charge in [-0.05, 0) is 36.1 Å². The van der Waals surface area contributed by atoms with Crippen LogP contribution < -0.4 is 5.73 Å². The zero-order chi connectivity index (χ0) is 12.5. The Balaban J connectivity index is 1.86. The van der Waals surface area contributed by atoms with Crippen LogP contribution in [0.25, 0.3) is 0 Å². The Hall–Kier alpha value is -0.930. The number of halogens is 1. The molecule has 3 rings (SSSR count). The van der Waals surface area contributed by atoms with Gasteiger partial charge in [0.05, 0.1) is 0 Å². The maximum absolute atomic E-state index is 13.4. The quantitative estimate of drug-likeness (QED) is 0.872. The second-order valence-electron chi connectivity index (χ2n) is 5.56. The fourth-order valence-corrected chi connectivity index (χ4v) is 3.56. The number of hydrogen-bond acceptors (Lipinski definition) is 2. The minimum atomic E-state index is -0.141. The van der Waals surface area contributed by atoms with E-state index in [2.05, 4.69) is 4.90 Å². The van der Waals surface area contributed by atoms with Crippen LogP contribution >= 0.6 is 0 Å². The second-order valence-corrected chi connectivity index (χ2v) is 5.56. The number of nitrogens with two attached hydrogens (primary N) is 1. The summed E-state index contributed by atoms with van der Waals surface area (Å²) < 4.78 is 13.4. The lowest BCUT2D eigenvalue weighted by Crippen LogP contribution is -2.38. The van der Waals surface area contributed by atoms with Crippen LogP contribution in [0.4, 0.5) is 4.39 Å². The Morgan fingerprint density at radius 1 is 1.22 bits per heavy atom. The van der Waals surface area contributed by atoms with Gasteiger partial charge in [-0.25, -0.2) is 4.39 Å². The maximum Gasteiger partial charge on any atom is 0.123 e. The predicted octanol–water partition coefficient (Wildman–Crippen LogP) is 2.97. The van der Waals surface area contributed by atoms with Gasteiger partial charge in [0.25, 0.3) is 0 Å². The van der Waals surface area contributed by atoms with Gasteiger partial charge in [-0.15, -0.1) is 0 Å². The van der Waals surface area contributed by atoms with Crippen LogP contribution in [0.5, 0.6) is 0 Å². The van der Waals surface area contributed by atoms with Gasteiger partial charge >= 0.3 is 0 Å². The van der Waals surface area contributed by atoms with Crippen LogP contribution in [0.1, 0.15) is 49.3 Å². The van der Waals surface area contributed by atoms with Crippen LogP contribution in [0, 0.1) is 5.82 Å². The summed E-state index contributed by atoms with van der Waals surface area (Å²) >= 11 is 0. The van der Waals surface area contributed by atoms with Crippen molar-refractivity contribution in [2.24, 2.45) is 5.73 Å². The summed E-state index contributed by atoms with van der Waals surface area (Å²) in [4.78, 5) is 2.50. The second kappa shape index (κ2) is 4.98. The van der Waals surface area contributed by atoms with E-state index in [0.717, 1.165) is 12.1 Å². The SMILES string of the molecule is NCC1c2cc(F)ccc2CN1C1CCCCC1. The molecule has 1 aliphatic heterocycles. The van der Waals surface area contributed by atoms with E-state index in [1.54, 1.807) is 12.1 Å². The molecule has 2 N–H and O–H groups in total. The normalized spacial score (nSPS) is 25.3. The summed E-state index contributed by atoms with van der Waals surface area (Å²) in [5.74, 6) is -0.141. The van der Waals surface area contributed by atoms with Crippen LogP contribution in [0.2, 0.25) is 0 Å². The van der Waals surface area contributed by atoms with Crippen molar-refractivity contribution in [3.05, 3.63) is 35.1 Å². The van der Waals surface area contributed by atoms with E-state index in [4.69, 9.17) is 5.73 Å². The van der Waals surface area contributed by atoms with Gasteiger partial charge in [0.2, 0.25) is 0 Å². The summed E-state index contributed by atoms with van der Waals surface area (Å²) in [6, 6.07) is 6.03. The zero-order valence-electron chi connectivity index (χ0n) is 10.7. The van der Waals surface area contributed by atoms with E-state index in [1.165, 1.54) is 37.7 Å². The van der Waals surface area contributed by atoms with Gasteiger partial charge in [0, 0.05) is 25.2 Å². The third-order valence-corrected chi connectivity index (χ3v) is 4.49. The van der Waals surface area contributed by atoms with E-state index in [1.807, 2.05) is 6.07 Å². The molecule has 1 aromatic carbocycles. The molecule has 0 spiro atoms. The van der Waals surface area contributed by atoms with E-state index < -0.39 is 0 Å². The molecule has 1 aromatic rings. The summed E-state index contributed by atoms with van der Waals surface area (Å²) in [7, 11) is 0. The van der Waals surface area contributed by atoms with Gasteiger partial charge in [0.1, 0.15) is 5.82 Å². The summed E-state index contributed by atoms with van der Waals surface area (Å²) in [5, 5.41) is 0. The Bertz CT molecular complexity index is 427. The molecular formula is C15H21FN2. The van der Waals surface area contributed by atoms with Crippen LogP contribution in [0.3, 0.4) is 0 Å². The predicted molar refractivity (Wildman–Crippen MR) is 70.6 cm³/mol. The van der Waals surface area contributed by atoms with Crippen molar-refractivity contribution < 1.29 is 4.39 Å². The maximum atomic E-state index is 13.4. The van der Waals surface area contributed by atoms with Crippen molar-refractivity contribution in [2.45, 2.75) is 50.7 Å². The topological polar surface area (TPSA) is 29.3 Å². The minimum Gasteiger partial charge on any atom is -0.329 e. The fourth-order valence-electron chi connectivity index (χ4n) is 3.56. The van der Waals surface area contributed by atoms with Crippen LogP contribution in [-0.2, 0) is 6.54 Å². The molecule has 2 aliphatic rings. The molecule has 2 nitrogen and oxygen atoms in total. The van der Waals surface area contributed by atoms with Crippen molar-refractivity contribution >= 4 is 0 Å². The van der Waals surface area contributed by atoms with E-state index >= 15 is 0 Å². The summed E-state index contributed by atoms with van der Waals surface area (Å²) in [5.41, 5.74) is 8.31. The zero-order valence-corrected chi connectivity index (χ0v) is 10.7. The standard InChI is InChI=1S/C15H21FN2/c16-12-7-6-11-10-18(13-4-2-1-3-5-13)15(9-17)14(11)8-12/h6-8,13,15H,1-5,9-10,17H2. The first-order chi connectivity index (χ1) is 8.79. The van der Waals surface area contributed by atoms with E-state index in [-0.39, 0.29) is 11.9 Å². The Morgan fingerprint density at radius 2 is 2.00 bits per heavy atom. The van der Waals surface area contributed by atoms with Crippen LogP contribution in [0.15, 0.2) is 18.2 Å². The van der Waals surface area contributed by atoms with Crippen molar-refractivity contribution in [3.8, 4) is 0 Å². The molecule has 0 bridgehead atoms. The Labute approximate surface area is 108 Å². The first kappa shape index (κ1) is 12.1. The molecule has 1 heterocycles. The monoisotopic (exact) mass is 248 g/mol. The molecule has 1 fully saturated rings. The lowest BCUT2D eigenvalue weighted by molar-refractivity contribution is 0.117. The highest BCUT2D eigenvalue weighted by atomic mass is 19.1. The van der Waals surface area contributed by atoms with Gasteiger partial charge in [-0.3, -0.25) is 4.90 Å². The van der Waals surface area contributed by atoms with Gasteiger partial charge in [-0.2, -0.15) is 0 Å². The van der Waals surface area contributed by atoms with Crippen molar-refractivity contribution in [2.75, 3.05) is 6.54 Å². The number of nitrogens with zero attached hydrogens (tertiary/aromatic N) is 1. The van der Waals surface area contributed by atoms with Crippen molar-refractivity contribution in [3.63, 3.8) is 0 Å². The molecular weight excluding hydrogens is 227 g/mol. The molecule has 0 radical (unpaired) electrons. The number of benzene rings is 1. The Kier molecular flexibility index (Phi) is 3.35. The number of rotatable bonds is 2. The first-order valence-corrected chi connectivity index (χ1v) is 7.03. The highest BCUT2D eigenvalue weighted by Crippen LogP contribution is 2.38. The molecule has 18 heavy (non-hydrogen) atoms. The molecule has 1 unspecified atom stereocenters. The fraction of sp³-hybridized carbons (Fsp3) is 0.600. The van der Waals surface area contributed by atoms with Gasteiger partial charge in [-0.1, -0.05) is 25.3 Å². The van der Waals surface area contributed by atoms with Gasteiger partial charge in [0.15, 0.2) is 0 Å². The molecule has 1 aliphatic carbocycles. The molecule has 3 heteroatoms. The Morgan fingerprint density at radius 3 is 2.72 bits per heavy atom. The lowest BCUT2D eigenvalue weighted by atomic mass is 9.93. The molecule has 1 atom stereocenters. The molecule has 1 saturated carbocycles. The average molecular weight is 248 g/mol. The minimum absolute atomic E-state index is 0.141. The van der Waals surface area contributed by atoms with Gasteiger partial charge < -0.3 is 5.73 Å². The number of hydrogen-bond donors (Lipinski definition) is 1. The van der Waals surface area contributed by atoms with Crippen molar-refractivity contribution in [1.82, 2.24) is 4.90 Å². The summed E-state index contributed by atoms with van der Waals surface area (Å²) in [6.45, 7) is 1.54. The average Bonchev–Trinajstić information content (AvgIpc) is 2.77. The van der Waals surface area contributed by atoms with Crippen molar-refractivity contribution in [1.29, 1.82) is 0 Å². The lowest BCUT2D eigenvalue weighted by Gasteiger charge is -2.35. The number of fused-ring (bicyclic) bond motifs is 1.